The minimum Gasteiger partial charge on any atom is -0.367 e. The van der Waals surface area contributed by atoms with Crippen molar-refractivity contribution in [1.29, 1.82) is 0 Å². The molecule has 0 spiro atoms. The molecule has 0 bridgehead atoms. The molecule has 0 fully saturated rings. The van der Waals surface area contributed by atoms with Gasteiger partial charge in [-0.05, 0) is 26.3 Å². The first-order valence-electron chi connectivity index (χ1n) is 4.99. The van der Waals surface area contributed by atoms with Gasteiger partial charge in [0.2, 0.25) is 0 Å². The standard InChI is InChI=1S/C11H15Cl3OSi/c1-11(2,3)15-10(16(12,13)14)9-7-5-4-6-8-9/h4-8,10H,1-3H3. The molecule has 90 valence electrons. The molecule has 1 unspecified atom stereocenters. The fraction of sp³-hybridized carbons (Fsp3) is 0.455. The molecule has 0 radical (unpaired) electrons. The van der Waals surface area contributed by atoms with Crippen LogP contribution < -0.4 is 0 Å². The second-order valence-corrected chi connectivity index (χ2v) is 13.3. The van der Waals surface area contributed by atoms with Crippen LogP contribution in [0.4, 0.5) is 0 Å². The highest BCUT2D eigenvalue weighted by Gasteiger charge is 2.41. The van der Waals surface area contributed by atoms with E-state index in [1.807, 2.05) is 51.1 Å². The first kappa shape index (κ1) is 14.3. The fourth-order valence-electron chi connectivity index (χ4n) is 1.31. The van der Waals surface area contributed by atoms with E-state index in [-0.39, 0.29) is 5.60 Å². The van der Waals surface area contributed by atoms with Crippen LogP contribution in [-0.4, -0.2) is 11.6 Å². The van der Waals surface area contributed by atoms with Crippen LogP contribution in [0.1, 0.15) is 32.1 Å². The van der Waals surface area contributed by atoms with Gasteiger partial charge in [-0.15, -0.1) is 33.2 Å². The number of ether oxygens (including phenoxy) is 1. The average Bonchev–Trinajstić information content (AvgIpc) is 2.13. The van der Waals surface area contributed by atoms with E-state index in [1.54, 1.807) is 0 Å². The molecule has 1 nitrogen and oxygen atoms in total. The van der Waals surface area contributed by atoms with Gasteiger partial charge in [-0.25, -0.2) is 0 Å². The van der Waals surface area contributed by atoms with Gasteiger partial charge < -0.3 is 4.74 Å². The maximum absolute atomic E-state index is 6.08. The topological polar surface area (TPSA) is 9.23 Å². The Morgan fingerprint density at radius 1 is 1.06 bits per heavy atom. The van der Waals surface area contributed by atoms with E-state index in [0.717, 1.165) is 5.56 Å². The van der Waals surface area contributed by atoms with Gasteiger partial charge in [0.1, 0.15) is 5.73 Å². The summed E-state index contributed by atoms with van der Waals surface area (Å²) in [6.45, 7) is 5.86. The van der Waals surface area contributed by atoms with Gasteiger partial charge >= 0.3 is 6.00 Å². The van der Waals surface area contributed by atoms with Crippen LogP contribution in [0.2, 0.25) is 0 Å². The Morgan fingerprint density at radius 3 is 1.94 bits per heavy atom. The predicted octanol–water partition coefficient (Wildman–Crippen LogP) is 4.74. The Hall–Kier alpha value is 0.267. The van der Waals surface area contributed by atoms with Crippen molar-refractivity contribution >= 4 is 39.2 Å². The third kappa shape index (κ3) is 4.64. The molecule has 0 aliphatic rings. The van der Waals surface area contributed by atoms with Gasteiger partial charge in [-0.3, -0.25) is 0 Å². The van der Waals surface area contributed by atoms with Crippen LogP contribution in [0.15, 0.2) is 30.3 Å². The number of rotatable bonds is 3. The van der Waals surface area contributed by atoms with Crippen molar-refractivity contribution < 1.29 is 4.74 Å². The van der Waals surface area contributed by atoms with E-state index in [1.165, 1.54) is 0 Å². The van der Waals surface area contributed by atoms with Crippen LogP contribution in [-0.2, 0) is 4.74 Å². The molecule has 1 rings (SSSR count). The number of hydrogen-bond acceptors (Lipinski definition) is 1. The molecule has 0 aliphatic carbocycles. The van der Waals surface area contributed by atoms with Crippen molar-refractivity contribution in [3.63, 3.8) is 0 Å². The maximum atomic E-state index is 6.08. The Balaban J connectivity index is 2.98. The molecule has 0 heterocycles. The lowest BCUT2D eigenvalue weighted by Gasteiger charge is -2.30. The molecule has 0 amide bonds. The number of hydrogen-bond donors (Lipinski definition) is 0. The van der Waals surface area contributed by atoms with Gasteiger partial charge in [0.25, 0.3) is 0 Å². The quantitative estimate of drug-likeness (QED) is 0.578. The van der Waals surface area contributed by atoms with Crippen molar-refractivity contribution in [2.45, 2.75) is 32.1 Å². The van der Waals surface area contributed by atoms with E-state index in [2.05, 4.69) is 0 Å². The lowest BCUT2D eigenvalue weighted by Crippen LogP contribution is -2.33. The Kier molecular flexibility index (Phi) is 4.73. The second kappa shape index (κ2) is 5.28. The fourth-order valence-corrected chi connectivity index (χ4v) is 3.90. The first-order chi connectivity index (χ1) is 7.20. The van der Waals surface area contributed by atoms with E-state index in [9.17, 15) is 0 Å². The summed E-state index contributed by atoms with van der Waals surface area (Å²) in [4.78, 5) is 0. The van der Waals surface area contributed by atoms with Crippen molar-refractivity contribution in [2.75, 3.05) is 0 Å². The molecule has 0 aromatic heterocycles. The highest BCUT2D eigenvalue weighted by Crippen LogP contribution is 2.39. The van der Waals surface area contributed by atoms with Crippen LogP contribution in [0.5, 0.6) is 0 Å². The van der Waals surface area contributed by atoms with E-state index in [4.69, 9.17) is 38.0 Å². The van der Waals surface area contributed by atoms with Crippen LogP contribution in [0.25, 0.3) is 0 Å². The zero-order valence-electron chi connectivity index (χ0n) is 9.51. The van der Waals surface area contributed by atoms with Gasteiger partial charge in [0.05, 0.1) is 5.60 Å². The van der Waals surface area contributed by atoms with E-state index < -0.39 is 11.7 Å². The summed E-state index contributed by atoms with van der Waals surface area (Å²) in [7, 11) is 0. The van der Waals surface area contributed by atoms with Crippen LogP contribution >= 0.6 is 33.2 Å². The maximum Gasteiger partial charge on any atom is 0.373 e. The molecular formula is C11H15Cl3OSi. The normalized spacial score (nSPS) is 14.9. The summed E-state index contributed by atoms with van der Waals surface area (Å²) in [5.41, 5.74) is 0.153. The summed E-state index contributed by atoms with van der Waals surface area (Å²) >= 11 is 18.3. The molecule has 5 heteroatoms. The summed E-state index contributed by atoms with van der Waals surface area (Å²) < 4.78 is 5.85. The third-order valence-electron chi connectivity index (χ3n) is 1.87. The van der Waals surface area contributed by atoms with E-state index >= 15 is 0 Å². The van der Waals surface area contributed by atoms with Gasteiger partial charge in [0.15, 0.2) is 0 Å². The molecule has 1 aromatic carbocycles. The smallest absolute Gasteiger partial charge is 0.367 e. The van der Waals surface area contributed by atoms with Crippen molar-refractivity contribution in [3.8, 4) is 0 Å². The number of benzene rings is 1. The highest BCUT2D eigenvalue weighted by molar-refractivity contribution is 7.65. The van der Waals surface area contributed by atoms with Crippen molar-refractivity contribution in [1.82, 2.24) is 0 Å². The summed E-state index contributed by atoms with van der Waals surface area (Å²) in [5.74, 6) is 0. The Labute approximate surface area is 112 Å². The molecule has 1 atom stereocenters. The minimum atomic E-state index is -2.94. The predicted molar refractivity (Wildman–Crippen MR) is 73.3 cm³/mol. The lowest BCUT2D eigenvalue weighted by molar-refractivity contribution is -0.0262. The lowest BCUT2D eigenvalue weighted by atomic mass is 10.2. The van der Waals surface area contributed by atoms with Crippen LogP contribution in [0.3, 0.4) is 0 Å². The molecule has 0 N–H and O–H groups in total. The molecule has 0 saturated heterocycles. The molecule has 1 aromatic rings. The minimum absolute atomic E-state index is 0.336. The number of halogens is 3. The van der Waals surface area contributed by atoms with Crippen molar-refractivity contribution in [2.24, 2.45) is 0 Å². The average molecular weight is 298 g/mol. The Bertz CT molecular complexity index is 329. The Morgan fingerprint density at radius 2 is 1.56 bits per heavy atom. The second-order valence-electron chi connectivity index (χ2n) is 4.56. The van der Waals surface area contributed by atoms with Gasteiger partial charge in [-0.1, -0.05) is 30.3 Å². The largest absolute Gasteiger partial charge is 0.373 e. The molecule has 16 heavy (non-hydrogen) atoms. The molecule has 0 saturated carbocycles. The molecule has 0 aliphatic heterocycles. The van der Waals surface area contributed by atoms with E-state index in [0.29, 0.717) is 0 Å². The van der Waals surface area contributed by atoms with Crippen LogP contribution in [0, 0.1) is 0 Å². The third-order valence-corrected chi connectivity index (χ3v) is 4.70. The summed E-state index contributed by atoms with van der Waals surface area (Å²) in [5, 5.41) is 0. The summed E-state index contributed by atoms with van der Waals surface area (Å²) in [6, 6.07) is 6.66. The summed E-state index contributed by atoms with van der Waals surface area (Å²) in [6.07, 6.45) is 0. The van der Waals surface area contributed by atoms with Gasteiger partial charge in [0, 0.05) is 0 Å². The van der Waals surface area contributed by atoms with Crippen molar-refractivity contribution in [3.05, 3.63) is 35.9 Å². The van der Waals surface area contributed by atoms with Gasteiger partial charge in [-0.2, -0.15) is 0 Å². The molecular weight excluding hydrogens is 283 g/mol. The highest BCUT2D eigenvalue weighted by atomic mass is 35.8. The zero-order chi connectivity index (χ0) is 12.4. The SMILES string of the molecule is CC(C)(C)OC(c1ccccc1)[Si](Cl)(Cl)Cl. The first-order valence-corrected chi connectivity index (χ1v) is 10.1. The monoisotopic (exact) mass is 296 g/mol. The zero-order valence-corrected chi connectivity index (χ0v) is 12.8.